The first-order chi connectivity index (χ1) is 13.7. The van der Waals surface area contributed by atoms with Gasteiger partial charge in [0.05, 0.1) is 32.9 Å². The predicted octanol–water partition coefficient (Wildman–Crippen LogP) is 1.50. The number of aliphatic hydroxyl groups is 1. The highest BCUT2D eigenvalue weighted by Gasteiger charge is 2.48. The van der Waals surface area contributed by atoms with E-state index in [0.29, 0.717) is 19.8 Å². The maximum atomic E-state index is 10.0. The largest absolute Gasteiger partial charge is 0.496 e. The Morgan fingerprint density at radius 3 is 2.89 bits per heavy atom. The van der Waals surface area contributed by atoms with Gasteiger partial charge in [0.2, 0.25) is 0 Å². The number of nitrogens with zero attached hydrogens (tertiary/aromatic N) is 4. The van der Waals surface area contributed by atoms with Crippen LogP contribution < -0.4 is 4.74 Å². The zero-order valence-electron chi connectivity index (χ0n) is 15.5. The molecule has 8 nitrogen and oxygen atoms in total. The Kier molecular flexibility index (Phi) is 4.38. The van der Waals surface area contributed by atoms with Gasteiger partial charge in [-0.2, -0.15) is 5.10 Å². The summed E-state index contributed by atoms with van der Waals surface area (Å²) in [6, 6.07) is 7.92. The lowest BCUT2D eigenvalue weighted by Gasteiger charge is -2.20. The summed E-state index contributed by atoms with van der Waals surface area (Å²) in [6.45, 7) is 1.41. The van der Waals surface area contributed by atoms with Crippen molar-refractivity contribution in [1.29, 1.82) is 0 Å². The first-order valence-electron chi connectivity index (χ1n) is 9.33. The molecule has 0 spiro atoms. The van der Waals surface area contributed by atoms with E-state index in [4.69, 9.17) is 14.2 Å². The molecular weight excluding hydrogens is 360 g/mol. The molecule has 8 heteroatoms. The molecule has 2 fully saturated rings. The van der Waals surface area contributed by atoms with Crippen molar-refractivity contribution in [3.05, 3.63) is 54.6 Å². The van der Waals surface area contributed by atoms with Crippen LogP contribution in [0.15, 0.2) is 49.1 Å². The lowest BCUT2D eigenvalue weighted by Crippen LogP contribution is -2.30. The van der Waals surface area contributed by atoms with E-state index < -0.39 is 6.10 Å². The number of aromatic nitrogens is 4. The average Bonchev–Trinajstić information content (AvgIpc) is 3.48. The average molecular weight is 382 g/mol. The minimum absolute atomic E-state index is 0.0173. The number of hydrogen-bond donors (Lipinski definition) is 1. The van der Waals surface area contributed by atoms with Crippen molar-refractivity contribution in [3.63, 3.8) is 0 Å². The van der Waals surface area contributed by atoms with E-state index >= 15 is 0 Å². The zero-order valence-corrected chi connectivity index (χ0v) is 15.5. The zero-order chi connectivity index (χ0) is 19.1. The molecule has 146 valence electrons. The third-order valence-electron chi connectivity index (χ3n) is 5.46. The molecule has 2 aliphatic rings. The summed E-state index contributed by atoms with van der Waals surface area (Å²) in [6.07, 6.45) is 6.41. The van der Waals surface area contributed by atoms with E-state index in [2.05, 4.69) is 20.7 Å². The van der Waals surface area contributed by atoms with Crippen molar-refractivity contribution in [1.82, 2.24) is 19.3 Å². The third-order valence-corrected chi connectivity index (χ3v) is 5.46. The van der Waals surface area contributed by atoms with Crippen LogP contribution in [-0.2, 0) is 16.0 Å². The van der Waals surface area contributed by atoms with Crippen molar-refractivity contribution < 1.29 is 19.3 Å². The number of aliphatic hydroxyl groups excluding tert-OH is 1. The van der Waals surface area contributed by atoms with Crippen LogP contribution in [-0.4, -0.2) is 63.1 Å². The summed E-state index contributed by atoms with van der Waals surface area (Å²) >= 11 is 0. The molecule has 0 unspecified atom stereocenters. The summed E-state index contributed by atoms with van der Waals surface area (Å²) < 4.78 is 21.1. The second-order valence-electron chi connectivity index (χ2n) is 7.12. The van der Waals surface area contributed by atoms with Crippen molar-refractivity contribution in [2.75, 3.05) is 20.3 Å². The topological polar surface area (TPSA) is 83.6 Å². The molecule has 3 aromatic rings. The second-order valence-corrected chi connectivity index (χ2v) is 7.12. The Labute approximate surface area is 162 Å². The molecule has 5 rings (SSSR count). The fourth-order valence-electron chi connectivity index (χ4n) is 4.11. The molecule has 0 saturated carbocycles. The number of fused-ring (bicyclic) bond motifs is 1. The standard InChI is InChI=1S/C20H22N4O4/c1-26-17-4-3-13(9-14(17)10-23-7-2-5-22-23)20-21-6-8-24(20)15-11-27-19-16(25)12-28-18(15)19/h2-9,15-16,18-19,25H,10-12H2,1H3/t15-,16+,18+,19+/m0/s1. The maximum Gasteiger partial charge on any atom is 0.140 e. The van der Waals surface area contributed by atoms with E-state index in [1.165, 1.54) is 0 Å². The third kappa shape index (κ3) is 2.90. The van der Waals surface area contributed by atoms with Gasteiger partial charge in [0.15, 0.2) is 0 Å². The van der Waals surface area contributed by atoms with Gasteiger partial charge in [0.1, 0.15) is 29.9 Å². The van der Waals surface area contributed by atoms with E-state index in [0.717, 1.165) is 22.7 Å². The number of rotatable bonds is 5. The van der Waals surface area contributed by atoms with Crippen LogP contribution in [0, 0.1) is 0 Å². The smallest absolute Gasteiger partial charge is 0.140 e. The molecule has 0 bridgehead atoms. The molecule has 4 atom stereocenters. The first-order valence-corrected chi connectivity index (χ1v) is 9.33. The van der Waals surface area contributed by atoms with Gasteiger partial charge in [0, 0.05) is 35.9 Å². The van der Waals surface area contributed by atoms with Crippen molar-refractivity contribution in [2.24, 2.45) is 0 Å². The van der Waals surface area contributed by atoms with Crippen LogP contribution in [0.3, 0.4) is 0 Å². The Morgan fingerprint density at radius 2 is 2.07 bits per heavy atom. The minimum atomic E-state index is -0.566. The molecule has 28 heavy (non-hydrogen) atoms. The van der Waals surface area contributed by atoms with Gasteiger partial charge < -0.3 is 23.9 Å². The number of imidazole rings is 1. The molecule has 0 radical (unpaired) electrons. The van der Waals surface area contributed by atoms with Crippen molar-refractivity contribution in [2.45, 2.75) is 30.9 Å². The number of benzene rings is 1. The quantitative estimate of drug-likeness (QED) is 0.720. The molecular formula is C20H22N4O4. The van der Waals surface area contributed by atoms with Crippen LogP contribution in [0.5, 0.6) is 5.75 Å². The van der Waals surface area contributed by atoms with E-state index in [1.54, 1.807) is 19.5 Å². The molecule has 0 amide bonds. The highest BCUT2D eigenvalue weighted by Crippen LogP contribution is 2.37. The van der Waals surface area contributed by atoms with E-state index in [1.807, 2.05) is 35.3 Å². The lowest BCUT2D eigenvalue weighted by atomic mass is 10.1. The SMILES string of the molecule is COc1ccc(-c2nccn2[C@H]2CO[C@H]3[C@@H]2OC[C@H]3O)cc1Cn1cccn1. The Morgan fingerprint density at radius 1 is 1.18 bits per heavy atom. The van der Waals surface area contributed by atoms with Crippen LogP contribution >= 0.6 is 0 Å². The summed E-state index contributed by atoms with van der Waals surface area (Å²) in [5.74, 6) is 1.65. The Bertz CT molecular complexity index is 955. The maximum absolute atomic E-state index is 10.0. The van der Waals surface area contributed by atoms with Gasteiger partial charge >= 0.3 is 0 Å². The molecule has 1 aromatic carbocycles. The predicted molar refractivity (Wildman–Crippen MR) is 100 cm³/mol. The number of hydrogen-bond acceptors (Lipinski definition) is 6. The Hall–Kier alpha value is -2.68. The van der Waals surface area contributed by atoms with E-state index in [-0.39, 0.29) is 18.2 Å². The number of ether oxygens (including phenoxy) is 3. The fraction of sp³-hybridized carbons (Fsp3) is 0.400. The van der Waals surface area contributed by atoms with Gasteiger partial charge in [-0.05, 0) is 24.3 Å². The van der Waals surface area contributed by atoms with Crippen LogP contribution in [0.4, 0.5) is 0 Å². The highest BCUT2D eigenvalue weighted by molar-refractivity contribution is 5.59. The molecule has 1 N–H and O–H groups in total. The van der Waals surface area contributed by atoms with Crippen LogP contribution in [0.2, 0.25) is 0 Å². The minimum Gasteiger partial charge on any atom is -0.496 e. The Balaban J connectivity index is 1.48. The van der Waals surface area contributed by atoms with E-state index in [9.17, 15) is 5.11 Å². The normalized spacial score (nSPS) is 26.5. The molecule has 4 heterocycles. The van der Waals surface area contributed by atoms with Gasteiger partial charge in [0.25, 0.3) is 0 Å². The summed E-state index contributed by atoms with van der Waals surface area (Å²) in [5, 5.41) is 14.3. The summed E-state index contributed by atoms with van der Waals surface area (Å²) in [4.78, 5) is 4.58. The highest BCUT2D eigenvalue weighted by atomic mass is 16.6. The van der Waals surface area contributed by atoms with Crippen molar-refractivity contribution >= 4 is 0 Å². The lowest BCUT2D eigenvalue weighted by molar-refractivity contribution is 0.0172. The van der Waals surface area contributed by atoms with Gasteiger partial charge in [-0.15, -0.1) is 0 Å². The summed E-state index contributed by atoms with van der Waals surface area (Å²) in [5.41, 5.74) is 2.00. The molecule has 2 aliphatic heterocycles. The fourth-order valence-corrected chi connectivity index (χ4v) is 4.11. The first kappa shape index (κ1) is 17.4. The summed E-state index contributed by atoms with van der Waals surface area (Å²) in [7, 11) is 1.67. The number of methoxy groups -OCH3 is 1. The molecule has 2 aromatic heterocycles. The second kappa shape index (κ2) is 7.05. The molecule has 0 aliphatic carbocycles. The van der Waals surface area contributed by atoms with Gasteiger partial charge in [-0.1, -0.05) is 0 Å². The monoisotopic (exact) mass is 382 g/mol. The van der Waals surface area contributed by atoms with Gasteiger partial charge in [-0.3, -0.25) is 4.68 Å². The van der Waals surface area contributed by atoms with Crippen molar-refractivity contribution in [3.8, 4) is 17.1 Å². The molecule has 2 saturated heterocycles. The van der Waals surface area contributed by atoms with Crippen LogP contribution in [0.25, 0.3) is 11.4 Å². The van der Waals surface area contributed by atoms with Crippen LogP contribution in [0.1, 0.15) is 11.6 Å². The van der Waals surface area contributed by atoms with Gasteiger partial charge in [-0.25, -0.2) is 4.98 Å².